The zero-order chi connectivity index (χ0) is 15.6. The summed E-state index contributed by atoms with van der Waals surface area (Å²) in [6.07, 6.45) is 10.1. The van der Waals surface area contributed by atoms with Gasteiger partial charge in [0, 0.05) is 38.1 Å². The molecule has 0 unspecified atom stereocenters. The maximum absolute atomic E-state index is 12.1. The number of pyridine rings is 1. The van der Waals surface area contributed by atoms with Gasteiger partial charge in [0.2, 0.25) is 0 Å². The van der Waals surface area contributed by atoms with Crippen molar-refractivity contribution in [1.29, 1.82) is 0 Å². The van der Waals surface area contributed by atoms with Crippen molar-refractivity contribution in [2.75, 3.05) is 25.6 Å². The zero-order valence-corrected chi connectivity index (χ0v) is 13.4. The van der Waals surface area contributed by atoms with Crippen LogP contribution in [0.2, 0.25) is 0 Å². The van der Waals surface area contributed by atoms with Crippen LogP contribution in [-0.4, -0.2) is 37.2 Å². The zero-order valence-electron chi connectivity index (χ0n) is 13.4. The molecular weight excluding hydrogens is 278 g/mol. The number of nitrogens with zero attached hydrogens (tertiary/aromatic N) is 1. The summed E-state index contributed by atoms with van der Waals surface area (Å²) in [4.78, 5) is 16.4. The number of methoxy groups -OCH3 is 1. The number of carbonyl (C=O) groups is 1. The molecule has 0 aliphatic heterocycles. The molecule has 0 saturated heterocycles. The number of aromatic nitrogens is 1. The maximum Gasteiger partial charge on any atom is 0.251 e. The molecule has 0 aromatic carbocycles. The Balaban J connectivity index is 1.87. The highest BCUT2D eigenvalue weighted by molar-refractivity contribution is 5.94. The van der Waals surface area contributed by atoms with Gasteiger partial charge in [0.15, 0.2) is 0 Å². The maximum atomic E-state index is 12.1. The second kappa shape index (κ2) is 9.41. The summed E-state index contributed by atoms with van der Waals surface area (Å²) in [6, 6.07) is 4.08. The van der Waals surface area contributed by atoms with Crippen molar-refractivity contribution in [1.82, 2.24) is 10.3 Å². The highest BCUT2D eigenvalue weighted by atomic mass is 16.5. The molecule has 1 amide bonds. The average molecular weight is 305 g/mol. The van der Waals surface area contributed by atoms with Gasteiger partial charge in [-0.2, -0.15) is 0 Å². The average Bonchev–Trinajstić information content (AvgIpc) is 2.80. The van der Waals surface area contributed by atoms with Crippen LogP contribution in [0, 0.1) is 0 Å². The van der Waals surface area contributed by atoms with Crippen LogP contribution in [0.3, 0.4) is 0 Å². The number of hydrogen-bond donors (Lipinski definition) is 2. The quantitative estimate of drug-likeness (QED) is 0.600. The lowest BCUT2D eigenvalue weighted by Crippen LogP contribution is -2.25. The van der Waals surface area contributed by atoms with Crippen LogP contribution in [0.1, 0.15) is 55.3 Å². The molecule has 0 atom stereocenters. The molecule has 0 radical (unpaired) electrons. The van der Waals surface area contributed by atoms with Gasteiger partial charge in [-0.1, -0.05) is 25.7 Å². The van der Waals surface area contributed by atoms with Gasteiger partial charge in [-0.3, -0.25) is 4.79 Å². The summed E-state index contributed by atoms with van der Waals surface area (Å²) in [5, 5.41) is 6.38. The standard InChI is InChI=1S/C17H27N3O2/c1-22-12-6-10-19-17(21)14-9-11-18-16(13-14)20-15-7-4-2-3-5-8-15/h9,11,13,15H,2-8,10,12H2,1H3,(H,18,20)(H,19,21). The molecule has 1 fully saturated rings. The fourth-order valence-corrected chi connectivity index (χ4v) is 2.80. The lowest BCUT2D eigenvalue weighted by atomic mass is 10.1. The summed E-state index contributed by atoms with van der Waals surface area (Å²) in [5.74, 6) is 0.749. The van der Waals surface area contributed by atoms with E-state index in [0.29, 0.717) is 24.8 Å². The van der Waals surface area contributed by atoms with Crippen LogP contribution in [-0.2, 0) is 4.74 Å². The van der Waals surface area contributed by atoms with Crippen molar-refractivity contribution in [2.24, 2.45) is 0 Å². The molecule has 1 aliphatic rings. The summed E-state index contributed by atoms with van der Waals surface area (Å²) in [7, 11) is 1.66. The van der Waals surface area contributed by atoms with Crippen LogP contribution < -0.4 is 10.6 Å². The first kappa shape index (κ1) is 16.7. The largest absolute Gasteiger partial charge is 0.385 e. The highest BCUT2D eigenvalue weighted by Gasteiger charge is 2.13. The Bertz CT molecular complexity index is 457. The Labute approximate surface area is 132 Å². The first-order chi connectivity index (χ1) is 10.8. The Morgan fingerprint density at radius 3 is 2.82 bits per heavy atom. The predicted molar refractivity (Wildman–Crippen MR) is 88.2 cm³/mol. The van der Waals surface area contributed by atoms with E-state index in [9.17, 15) is 4.79 Å². The van der Waals surface area contributed by atoms with Crippen LogP contribution >= 0.6 is 0 Å². The molecule has 2 rings (SSSR count). The number of ether oxygens (including phenoxy) is 1. The molecule has 1 saturated carbocycles. The van der Waals surface area contributed by atoms with Gasteiger partial charge >= 0.3 is 0 Å². The van der Waals surface area contributed by atoms with Crippen molar-refractivity contribution in [2.45, 2.75) is 51.0 Å². The normalized spacial score (nSPS) is 16.0. The summed E-state index contributed by atoms with van der Waals surface area (Å²) >= 11 is 0. The van der Waals surface area contributed by atoms with E-state index >= 15 is 0 Å². The number of carbonyl (C=O) groups excluding carboxylic acids is 1. The first-order valence-electron chi connectivity index (χ1n) is 8.29. The minimum atomic E-state index is -0.0533. The molecule has 0 spiro atoms. The fraction of sp³-hybridized carbons (Fsp3) is 0.647. The van der Waals surface area contributed by atoms with Gasteiger partial charge in [0.05, 0.1) is 0 Å². The fourth-order valence-electron chi connectivity index (χ4n) is 2.80. The van der Waals surface area contributed by atoms with Gasteiger partial charge in [0.1, 0.15) is 5.82 Å². The van der Waals surface area contributed by atoms with Crippen molar-refractivity contribution >= 4 is 11.7 Å². The minimum absolute atomic E-state index is 0.0533. The summed E-state index contributed by atoms with van der Waals surface area (Å²) in [6.45, 7) is 1.28. The van der Waals surface area contributed by atoms with E-state index in [-0.39, 0.29) is 5.91 Å². The lowest BCUT2D eigenvalue weighted by molar-refractivity contribution is 0.0948. The van der Waals surface area contributed by atoms with E-state index in [0.717, 1.165) is 12.2 Å². The summed E-state index contributed by atoms with van der Waals surface area (Å²) in [5.41, 5.74) is 0.656. The van der Waals surface area contributed by atoms with Crippen molar-refractivity contribution < 1.29 is 9.53 Å². The number of hydrogen-bond acceptors (Lipinski definition) is 4. The third-order valence-electron chi connectivity index (χ3n) is 4.04. The monoisotopic (exact) mass is 305 g/mol. The molecule has 2 N–H and O–H groups in total. The number of amides is 1. The molecule has 122 valence electrons. The van der Waals surface area contributed by atoms with Crippen LogP contribution in [0.4, 0.5) is 5.82 Å². The van der Waals surface area contributed by atoms with Gasteiger partial charge in [-0.25, -0.2) is 4.98 Å². The predicted octanol–water partition coefficient (Wildman–Crippen LogP) is 2.98. The molecule has 1 aromatic heterocycles. The third-order valence-corrected chi connectivity index (χ3v) is 4.04. The molecule has 5 heteroatoms. The van der Waals surface area contributed by atoms with E-state index in [1.807, 2.05) is 6.07 Å². The Kier molecular flexibility index (Phi) is 7.16. The third kappa shape index (κ3) is 5.64. The molecular formula is C17H27N3O2. The molecule has 1 aliphatic carbocycles. The second-order valence-electron chi connectivity index (χ2n) is 5.86. The van der Waals surface area contributed by atoms with E-state index < -0.39 is 0 Å². The van der Waals surface area contributed by atoms with E-state index in [1.54, 1.807) is 19.4 Å². The number of nitrogens with one attached hydrogen (secondary N) is 2. The first-order valence-corrected chi connectivity index (χ1v) is 8.29. The Morgan fingerprint density at radius 2 is 2.09 bits per heavy atom. The van der Waals surface area contributed by atoms with Gasteiger partial charge in [-0.05, 0) is 31.4 Å². The lowest BCUT2D eigenvalue weighted by Gasteiger charge is -2.17. The van der Waals surface area contributed by atoms with E-state index in [4.69, 9.17) is 4.74 Å². The number of rotatable bonds is 7. The minimum Gasteiger partial charge on any atom is -0.385 e. The molecule has 1 heterocycles. The molecule has 22 heavy (non-hydrogen) atoms. The molecule has 1 aromatic rings. The van der Waals surface area contributed by atoms with E-state index in [2.05, 4.69) is 15.6 Å². The van der Waals surface area contributed by atoms with Gasteiger partial charge < -0.3 is 15.4 Å². The topological polar surface area (TPSA) is 63.2 Å². The molecule has 5 nitrogen and oxygen atoms in total. The highest BCUT2D eigenvalue weighted by Crippen LogP contribution is 2.20. The van der Waals surface area contributed by atoms with E-state index in [1.165, 1.54) is 38.5 Å². The SMILES string of the molecule is COCCCNC(=O)c1ccnc(NC2CCCCCC2)c1. The van der Waals surface area contributed by atoms with Crippen molar-refractivity contribution in [3.8, 4) is 0 Å². The molecule has 0 bridgehead atoms. The van der Waals surface area contributed by atoms with Gasteiger partial charge in [-0.15, -0.1) is 0 Å². The van der Waals surface area contributed by atoms with Crippen LogP contribution in [0.25, 0.3) is 0 Å². The smallest absolute Gasteiger partial charge is 0.251 e. The Hall–Kier alpha value is -1.62. The second-order valence-corrected chi connectivity index (χ2v) is 5.86. The van der Waals surface area contributed by atoms with Crippen molar-refractivity contribution in [3.05, 3.63) is 23.9 Å². The Morgan fingerprint density at radius 1 is 1.32 bits per heavy atom. The van der Waals surface area contributed by atoms with Crippen molar-refractivity contribution in [3.63, 3.8) is 0 Å². The van der Waals surface area contributed by atoms with Gasteiger partial charge in [0.25, 0.3) is 5.91 Å². The van der Waals surface area contributed by atoms with Crippen LogP contribution in [0.5, 0.6) is 0 Å². The summed E-state index contributed by atoms with van der Waals surface area (Å²) < 4.78 is 4.97. The number of anilines is 1. The van der Waals surface area contributed by atoms with Crippen LogP contribution in [0.15, 0.2) is 18.3 Å².